The molecule has 13 heavy (non-hydrogen) atoms. The van der Waals surface area contributed by atoms with Crippen molar-refractivity contribution in [3.8, 4) is 0 Å². The topological polar surface area (TPSA) is 70.4 Å². The lowest BCUT2D eigenvalue weighted by Gasteiger charge is -2.16. The van der Waals surface area contributed by atoms with Gasteiger partial charge in [0.2, 0.25) is 0 Å². The second-order valence-corrected chi connectivity index (χ2v) is 4.09. The molecule has 68 valence electrons. The zero-order valence-electron chi connectivity index (χ0n) is 6.54. The van der Waals surface area contributed by atoms with E-state index >= 15 is 0 Å². The maximum atomic E-state index is 11.4. The zero-order valence-corrected chi connectivity index (χ0v) is 7.36. The molecule has 0 saturated heterocycles. The van der Waals surface area contributed by atoms with E-state index in [0.29, 0.717) is 10.6 Å². The quantitative estimate of drug-likeness (QED) is 0.632. The van der Waals surface area contributed by atoms with Crippen LogP contribution in [-0.4, -0.2) is 24.8 Å². The Kier molecular flexibility index (Phi) is 1.90. The van der Waals surface area contributed by atoms with Crippen LogP contribution < -0.4 is 0 Å². The molecule has 1 aromatic rings. The summed E-state index contributed by atoms with van der Waals surface area (Å²) in [6, 6.07) is 3.25. The summed E-state index contributed by atoms with van der Waals surface area (Å²) < 4.78 is 11.4. The molecule has 0 bridgehead atoms. The molecule has 0 amide bonds. The summed E-state index contributed by atoms with van der Waals surface area (Å²) in [5.74, 6) is -0.301. The van der Waals surface area contributed by atoms with Crippen LogP contribution in [0.15, 0.2) is 29.0 Å². The Morgan fingerprint density at radius 1 is 1.54 bits per heavy atom. The van der Waals surface area contributed by atoms with Gasteiger partial charge >= 0.3 is 0 Å². The lowest BCUT2D eigenvalue weighted by molar-refractivity contribution is 0.222. The predicted molar refractivity (Wildman–Crippen MR) is 47.3 cm³/mol. The van der Waals surface area contributed by atoms with Gasteiger partial charge in [0.05, 0.1) is 21.4 Å². The minimum atomic E-state index is -1.62. The van der Waals surface area contributed by atoms with E-state index < -0.39 is 16.2 Å². The number of fused-ring (bicyclic) bond motifs is 1. The molecule has 0 radical (unpaired) electrons. The highest BCUT2D eigenvalue weighted by atomic mass is 32.2. The highest BCUT2D eigenvalue weighted by Crippen LogP contribution is 2.24. The minimum Gasteiger partial charge on any atom is -0.508 e. The van der Waals surface area contributed by atoms with Gasteiger partial charge in [0.1, 0.15) is 5.76 Å². The second kappa shape index (κ2) is 2.93. The number of rotatable bonds is 0. The normalized spacial score (nSPS) is 26.4. The van der Waals surface area contributed by atoms with Crippen molar-refractivity contribution in [2.24, 2.45) is 0 Å². The van der Waals surface area contributed by atoms with Crippen LogP contribution in [0, 0.1) is 0 Å². The van der Waals surface area contributed by atoms with E-state index in [1.165, 1.54) is 12.3 Å². The molecule has 4 nitrogen and oxygen atoms in total. The molecular weight excluding hydrogens is 190 g/mol. The van der Waals surface area contributed by atoms with E-state index in [1.54, 1.807) is 12.1 Å². The monoisotopic (exact) mass is 197 g/mol. The number of pyridine rings is 1. The Balaban J connectivity index is 2.63. The number of aliphatic hydroxyl groups is 2. The number of nitrogens with zero attached hydrogens (tertiary/aromatic N) is 1. The number of aliphatic hydroxyl groups excluding tert-OH is 2. The van der Waals surface area contributed by atoms with Crippen LogP contribution in [0.25, 0.3) is 6.08 Å². The van der Waals surface area contributed by atoms with Gasteiger partial charge in [-0.25, -0.2) is 0 Å². The molecule has 1 aliphatic rings. The Bertz CT molecular complexity index is 402. The van der Waals surface area contributed by atoms with Crippen molar-refractivity contribution in [2.45, 2.75) is 10.3 Å². The lowest BCUT2D eigenvalue weighted by atomic mass is 10.3. The molecule has 1 aliphatic heterocycles. The average Bonchev–Trinajstić information content (AvgIpc) is 2.15. The first-order valence-corrected chi connectivity index (χ1v) is 4.85. The highest BCUT2D eigenvalue weighted by molar-refractivity contribution is 7.85. The maximum absolute atomic E-state index is 11.4. The third kappa shape index (κ3) is 1.26. The first-order chi connectivity index (χ1) is 6.20. The maximum Gasteiger partial charge on any atom is 0.190 e. The Morgan fingerprint density at radius 3 is 3.08 bits per heavy atom. The molecule has 0 saturated carbocycles. The molecule has 0 aromatic carbocycles. The third-order valence-corrected chi connectivity index (χ3v) is 3.18. The molecule has 0 spiro atoms. The molecule has 2 atom stereocenters. The van der Waals surface area contributed by atoms with Crippen molar-refractivity contribution in [2.75, 3.05) is 0 Å². The minimum absolute atomic E-state index is 0.301. The summed E-state index contributed by atoms with van der Waals surface area (Å²) in [5.41, 5.74) is -0.875. The zero-order chi connectivity index (χ0) is 9.42. The van der Waals surface area contributed by atoms with E-state index in [1.807, 2.05) is 0 Å². The van der Waals surface area contributed by atoms with E-state index in [4.69, 9.17) is 0 Å². The summed E-state index contributed by atoms with van der Waals surface area (Å²) in [5, 5.41) is 18.4. The van der Waals surface area contributed by atoms with E-state index in [-0.39, 0.29) is 5.76 Å². The van der Waals surface area contributed by atoms with Crippen LogP contribution in [-0.2, 0) is 10.8 Å². The number of hydrogen-bond donors (Lipinski definition) is 2. The largest absolute Gasteiger partial charge is 0.508 e. The van der Waals surface area contributed by atoms with E-state index in [0.717, 1.165) is 0 Å². The van der Waals surface area contributed by atoms with Crippen LogP contribution in [0.5, 0.6) is 0 Å². The summed E-state index contributed by atoms with van der Waals surface area (Å²) in [6.45, 7) is 0. The van der Waals surface area contributed by atoms with Gasteiger partial charge in [-0.3, -0.25) is 9.19 Å². The van der Waals surface area contributed by atoms with Gasteiger partial charge in [-0.1, -0.05) is 0 Å². The van der Waals surface area contributed by atoms with Crippen LogP contribution in [0.2, 0.25) is 0 Å². The van der Waals surface area contributed by atoms with Gasteiger partial charge in [-0.2, -0.15) is 0 Å². The summed E-state index contributed by atoms with van der Waals surface area (Å²) >= 11 is 0. The van der Waals surface area contributed by atoms with Gasteiger partial charge in [-0.05, 0) is 12.1 Å². The molecule has 2 heterocycles. The van der Waals surface area contributed by atoms with E-state index in [2.05, 4.69) is 4.98 Å². The fourth-order valence-corrected chi connectivity index (χ4v) is 2.18. The van der Waals surface area contributed by atoms with Crippen molar-refractivity contribution in [3.05, 3.63) is 29.8 Å². The average molecular weight is 197 g/mol. The first kappa shape index (κ1) is 8.40. The Hall–Kier alpha value is -1.20. The third-order valence-electron chi connectivity index (χ3n) is 1.76. The van der Waals surface area contributed by atoms with Crippen LogP contribution in [0.4, 0.5) is 0 Å². The number of hydrogen-bond acceptors (Lipinski definition) is 4. The van der Waals surface area contributed by atoms with Crippen LogP contribution in [0.1, 0.15) is 5.69 Å². The van der Waals surface area contributed by atoms with Crippen molar-refractivity contribution < 1.29 is 14.4 Å². The van der Waals surface area contributed by atoms with Crippen molar-refractivity contribution >= 4 is 16.9 Å². The predicted octanol–water partition coefficient (Wildman–Crippen LogP) is 0.420. The molecule has 0 fully saturated rings. The Labute approximate surface area is 77.0 Å². The molecule has 1 aromatic heterocycles. The second-order valence-electron chi connectivity index (χ2n) is 2.61. The molecule has 2 rings (SSSR count). The highest BCUT2D eigenvalue weighted by Gasteiger charge is 2.26. The van der Waals surface area contributed by atoms with Gasteiger partial charge in [0.15, 0.2) is 5.44 Å². The summed E-state index contributed by atoms with van der Waals surface area (Å²) in [4.78, 5) is 4.37. The number of aromatic nitrogens is 1. The van der Waals surface area contributed by atoms with Gasteiger partial charge < -0.3 is 10.2 Å². The first-order valence-electron chi connectivity index (χ1n) is 3.64. The molecule has 0 aliphatic carbocycles. The fraction of sp³-hybridized carbons (Fsp3) is 0.125. The van der Waals surface area contributed by atoms with Gasteiger partial charge in [-0.15, -0.1) is 0 Å². The SMILES string of the molecule is O=S1c2cccnc2C=C(O)C1O. The van der Waals surface area contributed by atoms with Gasteiger partial charge in [0, 0.05) is 12.3 Å². The summed E-state index contributed by atoms with van der Waals surface area (Å²) in [7, 11) is -1.62. The summed E-state index contributed by atoms with van der Waals surface area (Å²) in [6.07, 6.45) is 2.86. The smallest absolute Gasteiger partial charge is 0.190 e. The Morgan fingerprint density at radius 2 is 2.31 bits per heavy atom. The lowest BCUT2D eigenvalue weighted by Crippen LogP contribution is -2.21. The van der Waals surface area contributed by atoms with Crippen LogP contribution >= 0.6 is 0 Å². The molecule has 5 heteroatoms. The molecule has 2 unspecified atom stereocenters. The van der Waals surface area contributed by atoms with Crippen molar-refractivity contribution in [1.29, 1.82) is 0 Å². The standard InChI is InChI=1S/C8H7NO3S/c10-6-4-5-7(2-1-3-9-5)13(12)8(6)11/h1-4,8,10-11H. The van der Waals surface area contributed by atoms with Gasteiger partial charge in [0.25, 0.3) is 0 Å². The molecular formula is C8H7NO3S. The van der Waals surface area contributed by atoms with Crippen molar-refractivity contribution in [3.63, 3.8) is 0 Å². The molecule has 2 N–H and O–H groups in total. The van der Waals surface area contributed by atoms with Crippen LogP contribution in [0.3, 0.4) is 0 Å². The van der Waals surface area contributed by atoms with Crippen molar-refractivity contribution in [1.82, 2.24) is 4.98 Å². The van der Waals surface area contributed by atoms with E-state index in [9.17, 15) is 14.4 Å². The fourth-order valence-electron chi connectivity index (χ4n) is 1.12.